The van der Waals surface area contributed by atoms with Crippen LogP contribution in [0.3, 0.4) is 0 Å². The number of benzene rings is 1. The molecule has 2 aliphatic rings. The van der Waals surface area contributed by atoms with Gasteiger partial charge >= 0.3 is 6.03 Å². The Bertz CT molecular complexity index is 553. The van der Waals surface area contributed by atoms with Crippen molar-refractivity contribution < 1.29 is 9.59 Å². The Morgan fingerprint density at radius 2 is 1.91 bits per heavy atom. The molecule has 0 unspecified atom stereocenters. The third kappa shape index (κ3) is 3.22. The molecule has 0 atom stereocenters. The van der Waals surface area contributed by atoms with Crippen LogP contribution in [0.4, 0.5) is 10.5 Å². The number of hydrogen-bond acceptors (Lipinski definition) is 3. The van der Waals surface area contributed by atoms with E-state index in [0.717, 1.165) is 44.7 Å². The molecular formula is C16H22N4O2. The standard InChI is InChI=1S/C16H22N4O2/c21-15(19-9-2-6-17-8-11-19)13-4-1-5-14(12-13)20-10-3-7-18-16(20)22/h1,4-5,12,17H,2-3,6-11H2,(H,18,22). The van der Waals surface area contributed by atoms with E-state index in [4.69, 9.17) is 0 Å². The summed E-state index contributed by atoms with van der Waals surface area (Å²) in [4.78, 5) is 28.2. The molecule has 118 valence electrons. The molecule has 0 aliphatic carbocycles. The van der Waals surface area contributed by atoms with Crippen molar-refractivity contribution in [2.24, 2.45) is 0 Å². The number of nitrogens with zero attached hydrogens (tertiary/aromatic N) is 2. The lowest BCUT2D eigenvalue weighted by Crippen LogP contribution is -2.46. The maximum Gasteiger partial charge on any atom is 0.321 e. The van der Waals surface area contributed by atoms with Gasteiger partial charge in [-0.2, -0.15) is 0 Å². The third-order valence-corrected chi connectivity index (χ3v) is 4.11. The van der Waals surface area contributed by atoms with Crippen molar-refractivity contribution in [3.63, 3.8) is 0 Å². The van der Waals surface area contributed by atoms with Gasteiger partial charge in [0.1, 0.15) is 0 Å². The van der Waals surface area contributed by atoms with Gasteiger partial charge in [0.05, 0.1) is 0 Å². The molecule has 22 heavy (non-hydrogen) atoms. The summed E-state index contributed by atoms with van der Waals surface area (Å²) in [5.41, 5.74) is 1.44. The van der Waals surface area contributed by atoms with Crippen LogP contribution in [0.15, 0.2) is 24.3 Å². The first-order valence-corrected chi connectivity index (χ1v) is 7.91. The lowest BCUT2D eigenvalue weighted by atomic mass is 10.1. The molecule has 0 radical (unpaired) electrons. The van der Waals surface area contributed by atoms with E-state index in [1.165, 1.54) is 0 Å². The summed E-state index contributed by atoms with van der Waals surface area (Å²) >= 11 is 0. The summed E-state index contributed by atoms with van der Waals surface area (Å²) < 4.78 is 0. The second-order valence-electron chi connectivity index (χ2n) is 5.68. The zero-order valence-electron chi connectivity index (χ0n) is 12.7. The zero-order valence-corrected chi connectivity index (χ0v) is 12.7. The third-order valence-electron chi connectivity index (χ3n) is 4.11. The average Bonchev–Trinajstić information content (AvgIpc) is 2.84. The highest BCUT2D eigenvalue weighted by atomic mass is 16.2. The van der Waals surface area contributed by atoms with Gasteiger partial charge in [0.2, 0.25) is 0 Å². The Morgan fingerprint density at radius 3 is 2.77 bits per heavy atom. The highest BCUT2D eigenvalue weighted by Crippen LogP contribution is 2.19. The Morgan fingerprint density at radius 1 is 1.05 bits per heavy atom. The van der Waals surface area contributed by atoms with E-state index < -0.39 is 0 Å². The van der Waals surface area contributed by atoms with Crippen molar-refractivity contribution >= 4 is 17.6 Å². The predicted molar refractivity (Wildman–Crippen MR) is 85.2 cm³/mol. The van der Waals surface area contributed by atoms with Crippen LogP contribution in [0.25, 0.3) is 0 Å². The summed E-state index contributed by atoms with van der Waals surface area (Å²) in [6.45, 7) is 4.71. The van der Waals surface area contributed by atoms with Gasteiger partial charge in [-0.25, -0.2) is 4.79 Å². The fourth-order valence-corrected chi connectivity index (χ4v) is 2.91. The van der Waals surface area contributed by atoms with Crippen LogP contribution < -0.4 is 15.5 Å². The number of rotatable bonds is 2. The minimum absolute atomic E-state index is 0.0444. The van der Waals surface area contributed by atoms with Crippen molar-refractivity contribution in [3.8, 4) is 0 Å². The number of amides is 3. The first kappa shape index (κ1) is 14.8. The second-order valence-corrected chi connectivity index (χ2v) is 5.68. The molecule has 0 bridgehead atoms. The lowest BCUT2D eigenvalue weighted by molar-refractivity contribution is 0.0766. The first-order valence-electron chi connectivity index (χ1n) is 7.91. The Labute approximate surface area is 130 Å². The molecule has 0 spiro atoms. The van der Waals surface area contributed by atoms with Gasteiger partial charge in [0, 0.05) is 44.0 Å². The number of anilines is 1. The molecule has 1 aromatic carbocycles. The van der Waals surface area contributed by atoms with E-state index in [-0.39, 0.29) is 11.9 Å². The zero-order chi connectivity index (χ0) is 15.4. The summed E-state index contributed by atoms with van der Waals surface area (Å²) in [6.07, 6.45) is 1.89. The molecule has 2 fully saturated rings. The van der Waals surface area contributed by atoms with Gasteiger partial charge in [-0.1, -0.05) is 6.07 Å². The molecule has 3 amide bonds. The minimum Gasteiger partial charge on any atom is -0.338 e. The maximum atomic E-state index is 12.6. The van der Waals surface area contributed by atoms with Gasteiger partial charge in [0.25, 0.3) is 5.91 Å². The van der Waals surface area contributed by atoms with Crippen molar-refractivity contribution in [1.82, 2.24) is 15.5 Å². The van der Waals surface area contributed by atoms with Crippen LogP contribution in [0, 0.1) is 0 Å². The molecule has 0 aromatic heterocycles. The number of urea groups is 1. The average molecular weight is 302 g/mol. The summed E-state index contributed by atoms with van der Waals surface area (Å²) in [5, 5.41) is 6.13. The largest absolute Gasteiger partial charge is 0.338 e. The van der Waals surface area contributed by atoms with Crippen molar-refractivity contribution in [3.05, 3.63) is 29.8 Å². The highest BCUT2D eigenvalue weighted by Gasteiger charge is 2.22. The molecule has 1 aromatic rings. The van der Waals surface area contributed by atoms with Gasteiger partial charge in [-0.15, -0.1) is 0 Å². The van der Waals surface area contributed by atoms with E-state index in [1.54, 1.807) is 4.90 Å². The van der Waals surface area contributed by atoms with Crippen LogP contribution in [0.1, 0.15) is 23.2 Å². The highest BCUT2D eigenvalue weighted by molar-refractivity contribution is 5.98. The SMILES string of the molecule is O=C(c1cccc(N2CCCNC2=O)c1)N1CCCNCC1. The van der Waals surface area contributed by atoms with E-state index in [9.17, 15) is 9.59 Å². The van der Waals surface area contributed by atoms with E-state index >= 15 is 0 Å². The Kier molecular flexibility index (Phi) is 4.58. The molecule has 2 aliphatic heterocycles. The normalized spacial score (nSPS) is 19.5. The fraction of sp³-hybridized carbons (Fsp3) is 0.500. The van der Waals surface area contributed by atoms with Crippen molar-refractivity contribution in [2.45, 2.75) is 12.8 Å². The predicted octanol–water partition coefficient (Wildman–Crippen LogP) is 1.04. The van der Waals surface area contributed by atoms with Crippen molar-refractivity contribution in [2.75, 3.05) is 44.2 Å². The summed E-state index contributed by atoms with van der Waals surface area (Å²) in [6, 6.07) is 7.29. The Balaban J connectivity index is 1.77. The minimum atomic E-state index is -0.0881. The fourth-order valence-electron chi connectivity index (χ4n) is 2.91. The quantitative estimate of drug-likeness (QED) is 0.858. The summed E-state index contributed by atoms with van der Waals surface area (Å²) in [7, 11) is 0. The number of carbonyl (C=O) groups excluding carboxylic acids is 2. The smallest absolute Gasteiger partial charge is 0.321 e. The molecule has 6 heteroatoms. The van der Waals surface area contributed by atoms with Gasteiger partial charge < -0.3 is 15.5 Å². The maximum absolute atomic E-state index is 12.6. The second kappa shape index (κ2) is 6.79. The van der Waals surface area contributed by atoms with Crippen molar-refractivity contribution in [1.29, 1.82) is 0 Å². The van der Waals surface area contributed by atoms with Gasteiger partial charge in [0.15, 0.2) is 0 Å². The van der Waals surface area contributed by atoms with Gasteiger partial charge in [-0.05, 0) is 37.6 Å². The number of nitrogens with one attached hydrogen (secondary N) is 2. The number of hydrogen-bond donors (Lipinski definition) is 2. The molecule has 2 heterocycles. The molecule has 6 nitrogen and oxygen atoms in total. The first-order chi connectivity index (χ1) is 10.8. The molecular weight excluding hydrogens is 280 g/mol. The van der Waals surface area contributed by atoms with Crippen LogP contribution in [-0.2, 0) is 0 Å². The van der Waals surface area contributed by atoms with Gasteiger partial charge in [-0.3, -0.25) is 9.69 Å². The molecule has 3 rings (SSSR count). The Hall–Kier alpha value is -2.08. The summed E-state index contributed by atoms with van der Waals surface area (Å²) in [5.74, 6) is 0.0444. The van der Waals surface area contributed by atoms with Crippen LogP contribution >= 0.6 is 0 Å². The lowest BCUT2D eigenvalue weighted by Gasteiger charge is -2.28. The van der Waals surface area contributed by atoms with Crippen LogP contribution in [0.2, 0.25) is 0 Å². The molecule has 2 N–H and O–H groups in total. The molecule has 0 saturated carbocycles. The topological polar surface area (TPSA) is 64.7 Å². The molecule has 2 saturated heterocycles. The monoisotopic (exact) mass is 302 g/mol. The van der Waals surface area contributed by atoms with E-state index in [0.29, 0.717) is 18.7 Å². The van der Waals surface area contributed by atoms with E-state index in [1.807, 2.05) is 29.2 Å². The van der Waals surface area contributed by atoms with Crippen LogP contribution in [0.5, 0.6) is 0 Å². The van der Waals surface area contributed by atoms with E-state index in [2.05, 4.69) is 10.6 Å². The number of carbonyl (C=O) groups is 2. The van der Waals surface area contributed by atoms with Crippen LogP contribution in [-0.4, -0.2) is 56.1 Å².